The number of rotatable bonds is 6. The number of benzene rings is 2. The number of ether oxygens (including phenoxy) is 2. The summed E-state index contributed by atoms with van der Waals surface area (Å²) in [6.45, 7) is 8.94. The normalized spacial score (nSPS) is 16.0. The Labute approximate surface area is 237 Å². The highest BCUT2D eigenvalue weighted by Gasteiger charge is 2.20. The van der Waals surface area contributed by atoms with Gasteiger partial charge in [0.2, 0.25) is 0 Å². The van der Waals surface area contributed by atoms with Crippen molar-refractivity contribution in [3.63, 3.8) is 0 Å². The first-order valence-electron chi connectivity index (χ1n) is 12.7. The first-order valence-corrected chi connectivity index (χ1v) is 14.2. The zero-order valence-electron chi connectivity index (χ0n) is 21.8. The minimum atomic E-state index is -0.376. The summed E-state index contributed by atoms with van der Waals surface area (Å²) in [6, 6.07) is 6.82. The van der Waals surface area contributed by atoms with Gasteiger partial charge in [-0.05, 0) is 71.2 Å². The summed E-state index contributed by atoms with van der Waals surface area (Å²) in [6.07, 6.45) is 2.93. The molecule has 4 aromatic rings. The third-order valence-corrected chi connectivity index (χ3v) is 7.20. The number of hydrogen-bond donors (Lipinski definition) is 1. The van der Waals surface area contributed by atoms with Gasteiger partial charge in [0.15, 0.2) is 17.9 Å². The molecule has 7 nitrogen and oxygen atoms in total. The number of aromatic nitrogens is 4. The average Bonchev–Trinajstić information content (AvgIpc) is 3.42. The molecule has 1 fully saturated rings. The molecule has 0 amide bonds. The summed E-state index contributed by atoms with van der Waals surface area (Å²) in [4.78, 5) is 8.56. The van der Waals surface area contributed by atoms with Crippen LogP contribution in [0.1, 0.15) is 70.7 Å². The van der Waals surface area contributed by atoms with Gasteiger partial charge in [0.1, 0.15) is 35.9 Å². The summed E-state index contributed by atoms with van der Waals surface area (Å²) >= 11 is 6.60. The van der Waals surface area contributed by atoms with Gasteiger partial charge < -0.3 is 23.7 Å². The van der Waals surface area contributed by atoms with Gasteiger partial charge in [-0.25, -0.2) is 18.7 Å². The molecule has 0 radical (unpaired) electrons. The smallest absolute Gasteiger partial charge is 0.158 e. The summed E-state index contributed by atoms with van der Waals surface area (Å²) in [7, 11) is 0. The third-order valence-electron chi connectivity index (χ3n) is 6.28. The van der Waals surface area contributed by atoms with Crippen molar-refractivity contribution in [2.45, 2.75) is 78.5 Å². The Morgan fingerprint density at radius 2 is 1.45 bits per heavy atom. The van der Waals surface area contributed by atoms with E-state index in [2.05, 4.69) is 55.7 Å². The molecule has 206 valence electrons. The van der Waals surface area contributed by atoms with Crippen LogP contribution in [0.2, 0.25) is 0 Å². The molecule has 2 aromatic carbocycles. The topological polar surface area (TPSA) is 74.3 Å². The van der Waals surface area contributed by atoms with Crippen molar-refractivity contribution >= 4 is 53.9 Å². The molecule has 38 heavy (non-hydrogen) atoms. The number of aliphatic hydroxyl groups excluding tert-OH is 1. The van der Waals surface area contributed by atoms with E-state index in [1.54, 1.807) is 0 Å². The maximum atomic E-state index is 14.1. The Balaban J connectivity index is 0.000000186. The maximum Gasteiger partial charge on any atom is 0.158 e. The molecule has 0 saturated carbocycles. The van der Waals surface area contributed by atoms with E-state index in [1.165, 1.54) is 12.1 Å². The molecule has 0 bridgehead atoms. The van der Waals surface area contributed by atoms with Gasteiger partial charge >= 0.3 is 0 Å². The lowest BCUT2D eigenvalue weighted by molar-refractivity contribution is -0.170. The van der Waals surface area contributed by atoms with E-state index in [0.717, 1.165) is 37.2 Å². The SMILES string of the molecule is CC(C)n1c(CO)nc2c(F)cc(Br)cc21.CC(C)n1c(COC2CCCCO2)nc2c(F)cc(Br)cc21. The number of aliphatic hydroxyl groups is 1. The van der Waals surface area contributed by atoms with Crippen molar-refractivity contribution in [1.82, 2.24) is 19.1 Å². The highest BCUT2D eigenvalue weighted by Crippen LogP contribution is 2.29. The molecule has 1 aliphatic rings. The van der Waals surface area contributed by atoms with E-state index in [1.807, 2.05) is 35.1 Å². The average molecular weight is 658 g/mol. The maximum absolute atomic E-state index is 14.1. The second kappa shape index (κ2) is 12.5. The zero-order chi connectivity index (χ0) is 27.6. The lowest BCUT2D eigenvalue weighted by Gasteiger charge is -2.23. The van der Waals surface area contributed by atoms with E-state index in [-0.39, 0.29) is 36.6 Å². The molecule has 1 aliphatic heterocycles. The van der Waals surface area contributed by atoms with Crippen LogP contribution in [-0.4, -0.2) is 37.1 Å². The zero-order valence-corrected chi connectivity index (χ0v) is 25.0. The standard InChI is InChI=1S/C16H20BrFN2O2.C11H12BrFN2O/c1-10(2)20-13-8-11(17)7-12(18)16(13)19-14(20)9-22-15-5-3-4-6-21-15;1-6(2)15-9-4-7(12)3-8(13)11(9)14-10(15)5-16/h7-8,10,15H,3-6,9H2,1-2H3;3-4,6,16H,5H2,1-2H3. The van der Waals surface area contributed by atoms with Crippen molar-refractivity contribution in [2.24, 2.45) is 0 Å². The van der Waals surface area contributed by atoms with E-state index >= 15 is 0 Å². The summed E-state index contributed by atoms with van der Waals surface area (Å²) < 4.78 is 44.4. The van der Waals surface area contributed by atoms with E-state index < -0.39 is 0 Å². The number of halogens is 4. The third kappa shape index (κ3) is 6.28. The van der Waals surface area contributed by atoms with Crippen LogP contribution in [-0.2, 0) is 22.7 Å². The Hall–Kier alpha value is -1.92. The van der Waals surface area contributed by atoms with Crippen LogP contribution < -0.4 is 0 Å². The molecule has 1 N–H and O–H groups in total. The van der Waals surface area contributed by atoms with Gasteiger partial charge in [0, 0.05) is 27.6 Å². The molecular weight excluding hydrogens is 626 g/mol. The molecule has 0 aliphatic carbocycles. The van der Waals surface area contributed by atoms with Crippen molar-refractivity contribution in [1.29, 1.82) is 0 Å². The molecule has 1 atom stereocenters. The highest BCUT2D eigenvalue weighted by molar-refractivity contribution is 9.10. The molecule has 1 saturated heterocycles. The Kier molecular flexibility index (Phi) is 9.57. The van der Waals surface area contributed by atoms with Crippen LogP contribution in [0, 0.1) is 11.6 Å². The van der Waals surface area contributed by atoms with Gasteiger partial charge in [-0.1, -0.05) is 31.9 Å². The van der Waals surface area contributed by atoms with Gasteiger partial charge in [-0.15, -0.1) is 0 Å². The summed E-state index contributed by atoms with van der Waals surface area (Å²) in [5.74, 6) is 0.524. The summed E-state index contributed by atoms with van der Waals surface area (Å²) in [5.41, 5.74) is 2.18. The first-order chi connectivity index (χ1) is 18.1. The molecule has 1 unspecified atom stereocenters. The van der Waals surface area contributed by atoms with Gasteiger partial charge in [0.25, 0.3) is 0 Å². The molecule has 3 heterocycles. The van der Waals surface area contributed by atoms with E-state index in [0.29, 0.717) is 37.9 Å². The first kappa shape index (κ1) is 29.1. The number of imidazole rings is 2. The van der Waals surface area contributed by atoms with Crippen LogP contribution in [0.25, 0.3) is 22.1 Å². The Bertz CT molecular complexity index is 1420. The molecule has 5 rings (SSSR count). The number of fused-ring (bicyclic) bond motifs is 2. The van der Waals surface area contributed by atoms with Gasteiger partial charge in [-0.3, -0.25) is 0 Å². The largest absolute Gasteiger partial charge is 0.388 e. The summed E-state index contributed by atoms with van der Waals surface area (Å²) in [5, 5.41) is 9.21. The predicted molar refractivity (Wildman–Crippen MR) is 150 cm³/mol. The molecule has 2 aromatic heterocycles. The van der Waals surface area contributed by atoms with Crippen LogP contribution in [0.3, 0.4) is 0 Å². The Morgan fingerprint density at radius 1 is 0.921 bits per heavy atom. The minimum absolute atomic E-state index is 0.126. The van der Waals surface area contributed by atoms with Crippen molar-refractivity contribution in [3.8, 4) is 0 Å². The lowest BCUT2D eigenvalue weighted by atomic mass is 10.2. The molecular formula is C27H32Br2F2N4O3. The van der Waals surface area contributed by atoms with Crippen LogP contribution >= 0.6 is 31.9 Å². The second-order valence-electron chi connectivity index (χ2n) is 9.76. The van der Waals surface area contributed by atoms with E-state index in [9.17, 15) is 13.9 Å². The fraction of sp³-hybridized carbons (Fsp3) is 0.481. The second-order valence-corrected chi connectivity index (χ2v) is 11.6. The predicted octanol–water partition coefficient (Wildman–Crippen LogP) is 7.57. The van der Waals surface area contributed by atoms with E-state index in [4.69, 9.17) is 9.47 Å². The molecule has 11 heteroatoms. The van der Waals surface area contributed by atoms with Crippen molar-refractivity contribution in [2.75, 3.05) is 6.61 Å². The number of nitrogens with zero attached hydrogens (tertiary/aromatic N) is 4. The van der Waals surface area contributed by atoms with Crippen molar-refractivity contribution < 1.29 is 23.4 Å². The quantitative estimate of drug-likeness (QED) is 0.232. The molecule has 0 spiro atoms. The Morgan fingerprint density at radius 3 is 1.92 bits per heavy atom. The van der Waals surface area contributed by atoms with Gasteiger partial charge in [-0.2, -0.15) is 0 Å². The fourth-order valence-electron chi connectivity index (χ4n) is 4.71. The fourth-order valence-corrected chi connectivity index (χ4v) is 5.55. The minimum Gasteiger partial charge on any atom is -0.388 e. The van der Waals surface area contributed by atoms with Crippen molar-refractivity contribution in [3.05, 3.63) is 56.5 Å². The van der Waals surface area contributed by atoms with Gasteiger partial charge in [0.05, 0.1) is 11.0 Å². The van der Waals surface area contributed by atoms with Crippen LogP contribution in [0.5, 0.6) is 0 Å². The monoisotopic (exact) mass is 656 g/mol. The van der Waals surface area contributed by atoms with Crippen LogP contribution in [0.4, 0.5) is 8.78 Å². The number of hydrogen-bond acceptors (Lipinski definition) is 5. The van der Waals surface area contributed by atoms with Crippen LogP contribution in [0.15, 0.2) is 33.2 Å². The lowest BCUT2D eigenvalue weighted by Crippen LogP contribution is -2.23. The highest BCUT2D eigenvalue weighted by atomic mass is 79.9.